The van der Waals surface area contributed by atoms with Crippen LogP contribution in [0.15, 0.2) is 36.4 Å². The number of aromatic hydroxyl groups is 2. The highest BCUT2D eigenvalue weighted by atomic mass is 31.2. The van der Waals surface area contributed by atoms with E-state index >= 15 is 0 Å². The SMILES string of the molecule is C[N+](C)(CCCc1cc(C(F)(F)F)cc(C(F)(F)F)c1)CCOP(=O)([O-])OCCCc1ccc(O)c(O)c1. The Morgan fingerprint density at radius 3 is 1.89 bits per heavy atom. The second-order valence-electron chi connectivity index (χ2n) is 9.44. The van der Waals surface area contributed by atoms with Gasteiger partial charge >= 0.3 is 12.4 Å². The second-order valence-corrected chi connectivity index (χ2v) is 10.9. The minimum Gasteiger partial charge on any atom is -0.756 e. The van der Waals surface area contributed by atoms with Gasteiger partial charge in [-0.05, 0) is 60.7 Å². The summed E-state index contributed by atoms with van der Waals surface area (Å²) in [5.74, 6) is -0.557. The number of hydrogen-bond donors (Lipinski definition) is 2. The average molecular weight is 573 g/mol. The Balaban J connectivity index is 1.78. The molecule has 1 unspecified atom stereocenters. The smallest absolute Gasteiger partial charge is 0.416 e. The Morgan fingerprint density at radius 2 is 1.34 bits per heavy atom. The Bertz CT molecular complexity index is 1090. The number of rotatable bonds is 13. The van der Waals surface area contributed by atoms with Gasteiger partial charge in [0.1, 0.15) is 13.2 Å². The summed E-state index contributed by atoms with van der Waals surface area (Å²) in [5.41, 5.74) is -2.15. The first kappa shape index (κ1) is 31.9. The monoisotopic (exact) mass is 573 g/mol. The van der Waals surface area contributed by atoms with Crippen LogP contribution >= 0.6 is 7.82 Å². The quantitative estimate of drug-likeness (QED) is 0.111. The summed E-state index contributed by atoms with van der Waals surface area (Å²) in [6.45, 7) is 0.127. The molecule has 0 spiro atoms. The minimum absolute atomic E-state index is 0.0303. The lowest BCUT2D eigenvalue weighted by Gasteiger charge is -2.31. The molecule has 7 nitrogen and oxygen atoms in total. The Labute approximate surface area is 216 Å². The fraction of sp³-hybridized carbons (Fsp3) is 0.500. The molecular weight excluding hydrogens is 543 g/mol. The largest absolute Gasteiger partial charge is 0.756 e. The molecule has 0 aliphatic rings. The van der Waals surface area contributed by atoms with Gasteiger partial charge in [0.2, 0.25) is 0 Å². The van der Waals surface area contributed by atoms with Crippen LogP contribution in [-0.4, -0.2) is 55.1 Å². The third-order valence-electron chi connectivity index (χ3n) is 5.72. The van der Waals surface area contributed by atoms with Crippen LogP contribution in [0.1, 0.15) is 35.1 Å². The minimum atomic E-state index is -4.91. The molecule has 2 N–H and O–H groups in total. The van der Waals surface area contributed by atoms with Crippen molar-refractivity contribution in [3.63, 3.8) is 0 Å². The van der Waals surface area contributed by atoms with Crippen LogP contribution in [-0.2, 0) is 38.8 Å². The summed E-state index contributed by atoms with van der Waals surface area (Å²) in [5, 5.41) is 18.8. The van der Waals surface area contributed by atoms with Gasteiger partial charge in [-0.15, -0.1) is 0 Å². The Hall–Kier alpha value is -2.31. The standard InChI is InChI=1S/C24H30F6NO6P/c1-31(2,9-3-5-18-13-19(23(25,26)27)16-20(14-18)24(28,29)30)10-12-37-38(34,35)36-11-4-6-17-7-8-21(32)22(33)15-17/h7-8,13-16H,3-6,9-12H2,1-2H3,(H2-,32,33,34,35). The van der Waals surface area contributed by atoms with Gasteiger partial charge in [0.05, 0.1) is 38.4 Å². The van der Waals surface area contributed by atoms with E-state index in [9.17, 15) is 46.0 Å². The van der Waals surface area contributed by atoms with E-state index in [0.717, 1.165) is 0 Å². The molecule has 0 amide bonds. The van der Waals surface area contributed by atoms with Crippen molar-refractivity contribution < 1.29 is 59.5 Å². The highest BCUT2D eigenvalue weighted by Gasteiger charge is 2.36. The molecule has 2 rings (SSSR count). The van der Waals surface area contributed by atoms with E-state index in [2.05, 4.69) is 0 Å². The summed E-state index contributed by atoms with van der Waals surface area (Å²) in [6, 6.07) is 5.73. The molecule has 214 valence electrons. The van der Waals surface area contributed by atoms with Crippen LogP contribution in [0, 0.1) is 0 Å². The van der Waals surface area contributed by atoms with Crippen LogP contribution in [0.3, 0.4) is 0 Å². The van der Waals surface area contributed by atoms with Crippen LogP contribution in [0.5, 0.6) is 11.5 Å². The van der Waals surface area contributed by atoms with E-state index in [1.54, 1.807) is 20.2 Å². The maximum Gasteiger partial charge on any atom is 0.416 e. The molecule has 0 aliphatic carbocycles. The lowest BCUT2D eigenvalue weighted by atomic mass is 10.0. The Kier molecular flexibility index (Phi) is 10.7. The van der Waals surface area contributed by atoms with Crippen molar-refractivity contribution in [2.75, 3.05) is 40.4 Å². The number of quaternary nitrogens is 1. The van der Waals surface area contributed by atoms with E-state index in [-0.39, 0.29) is 60.2 Å². The molecule has 1 atom stereocenters. The molecule has 0 aliphatic heterocycles. The zero-order chi connectivity index (χ0) is 28.8. The number of phenolic OH excluding ortho intramolecular Hbond substituents is 2. The van der Waals surface area contributed by atoms with Gasteiger partial charge in [0.15, 0.2) is 11.5 Å². The fourth-order valence-electron chi connectivity index (χ4n) is 3.60. The number of halogens is 6. The number of alkyl halides is 6. The predicted molar refractivity (Wildman–Crippen MR) is 124 cm³/mol. The van der Waals surface area contributed by atoms with Crippen molar-refractivity contribution in [1.29, 1.82) is 0 Å². The number of phenols is 2. The van der Waals surface area contributed by atoms with Crippen molar-refractivity contribution >= 4 is 7.82 Å². The highest BCUT2D eigenvalue weighted by Crippen LogP contribution is 2.39. The second kappa shape index (κ2) is 12.7. The molecule has 0 bridgehead atoms. The van der Waals surface area contributed by atoms with Gasteiger partial charge in [0, 0.05) is 6.42 Å². The number of nitrogens with zero attached hydrogens (tertiary/aromatic N) is 1. The topological polar surface area (TPSA) is 99.1 Å². The summed E-state index contributed by atoms with van der Waals surface area (Å²) in [4.78, 5) is 12.0. The molecule has 0 heterocycles. The van der Waals surface area contributed by atoms with Gasteiger partial charge in [-0.25, -0.2) is 0 Å². The molecule has 2 aromatic rings. The van der Waals surface area contributed by atoms with Gasteiger partial charge in [0.25, 0.3) is 7.82 Å². The van der Waals surface area contributed by atoms with Crippen molar-refractivity contribution in [3.8, 4) is 11.5 Å². The lowest BCUT2D eigenvalue weighted by molar-refractivity contribution is -0.890. The highest BCUT2D eigenvalue weighted by molar-refractivity contribution is 7.45. The number of benzene rings is 2. The van der Waals surface area contributed by atoms with Crippen LogP contribution in [0.4, 0.5) is 26.3 Å². The number of aryl methyl sites for hydroxylation is 2. The number of likely N-dealkylation sites (N-methyl/N-ethyl adjacent to an activating group) is 1. The molecule has 0 radical (unpaired) electrons. The maximum atomic E-state index is 13.0. The summed E-state index contributed by atoms with van der Waals surface area (Å²) < 4.78 is 100. The first-order valence-electron chi connectivity index (χ1n) is 11.6. The van der Waals surface area contributed by atoms with Gasteiger partial charge in [-0.3, -0.25) is 4.57 Å². The maximum absolute atomic E-state index is 13.0. The first-order valence-corrected chi connectivity index (χ1v) is 13.1. The van der Waals surface area contributed by atoms with Crippen LogP contribution in [0.25, 0.3) is 0 Å². The average Bonchev–Trinajstić information content (AvgIpc) is 2.77. The fourth-order valence-corrected chi connectivity index (χ4v) is 4.33. The third-order valence-corrected chi connectivity index (χ3v) is 6.72. The number of phosphoric ester groups is 1. The predicted octanol–water partition coefficient (Wildman–Crippen LogP) is 5.28. The van der Waals surface area contributed by atoms with Crippen LogP contribution in [0.2, 0.25) is 0 Å². The lowest BCUT2D eigenvalue weighted by Crippen LogP contribution is -2.43. The van der Waals surface area contributed by atoms with Gasteiger partial charge in [-0.2, -0.15) is 26.3 Å². The number of hydrogen-bond acceptors (Lipinski definition) is 6. The zero-order valence-corrected chi connectivity index (χ0v) is 21.7. The molecule has 0 saturated heterocycles. The molecule has 2 aromatic carbocycles. The van der Waals surface area contributed by atoms with Gasteiger partial charge in [-0.1, -0.05) is 6.07 Å². The molecule has 0 aromatic heterocycles. The molecule has 0 saturated carbocycles. The summed E-state index contributed by atoms with van der Waals surface area (Å²) in [7, 11) is -1.15. The first-order chi connectivity index (χ1) is 17.4. The van der Waals surface area contributed by atoms with Crippen molar-refractivity contribution in [2.24, 2.45) is 0 Å². The van der Waals surface area contributed by atoms with E-state index in [0.29, 0.717) is 37.1 Å². The Morgan fingerprint density at radius 1 is 0.789 bits per heavy atom. The van der Waals surface area contributed by atoms with E-state index in [1.165, 1.54) is 12.1 Å². The van der Waals surface area contributed by atoms with Gasteiger partial charge < -0.3 is 28.6 Å². The van der Waals surface area contributed by atoms with Crippen molar-refractivity contribution in [3.05, 3.63) is 58.7 Å². The van der Waals surface area contributed by atoms with Crippen LogP contribution < -0.4 is 4.89 Å². The van der Waals surface area contributed by atoms with E-state index in [4.69, 9.17) is 9.05 Å². The molecular formula is C24H30F6NO6P. The van der Waals surface area contributed by atoms with Crippen molar-refractivity contribution in [2.45, 2.75) is 38.0 Å². The molecule has 0 fully saturated rings. The summed E-state index contributed by atoms with van der Waals surface area (Å²) >= 11 is 0. The van der Waals surface area contributed by atoms with E-state index in [1.807, 2.05) is 0 Å². The van der Waals surface area contributed by atoms with E-state index < -0.39 is 31.3 Å². The summed E-state index contributed by atoms with van der Waals surface area (Å²) in [6.07, 6.45) is -8.92. The van der Waals surface area contributed by atoms with Crippen molar-refractivity contribution in [1.82, 2.24) is 0 Å². The molecule has 14 heteroatoms. The third kappa shape index (κ3) is 10.8. The molecule has 38 heavy (non-hydrogen) atoms. The number of phosphoric acid groups is 1. The normalized spacial score (nSPS) is 14.4. The zero-order valence-electron chi connectivity index (χ0n) is 20.8.